The number of carbonyl (C=O) groups excluding carboxylic acids is 2. The average Bonchev–Trinajstić information content (AvgIpc) is 2.69. The van der Waals surface area contributed by atoms with E-state index in [4.69, 9.17) is 5.02 Å². The Morgan fingerprint density at radius 1 is 1.07 bits per heavy atom. The quantitative estimate of drug-likeness (QED) is 0.278. The number of hydrogen-bond acceptors (Lipinski definition) is 5. The topological polar surface area (TPSA) is 118 Å². The van der Waals surface area contributed by atoms with Crippen LogP contribution in [0.5, 0.6) is 0 Å². The van der Waals surface area contributed by atoms with Crippen molar-refractivity contribution >= 4 is 45.7 Å². The maximum atomic E-state index is 11.0. The van der Waals surface area contributed by atoms with Crippen molar-refractivity contribution < 1.29 is 14.6 Å². The summed E-state index contributed by atoms with van der Waals surface area (Å²) in [6.07, 6.45) is 4.43. The van der Waals surface area contributed by atoms with Gasteiger partial charge >= 0.3 is 12.1 Å². The molecule has 4 atom stereocenters. The van der Waals surface area contributed by atoms with Gasteiger partial charge in [0.1, 0.15) is 0 Å². The highest BCUT2D eigenvalue weighted by Crippen LogP contribution is 2.08. The third-order valence-corrected chi connectivity index (χ3v) is 4.57. The fourth-order valence-corrected chi connectivity index (χ4v) is 2.95. The number of hydrogen-bond donors (Lipinski definition) is 6. The van der Waals surface area contributed by atoms with Crippen LogP contribution in [0, 0.1) is 0 Å². The van der Waals surface area contributed by atoms with Crippen molar-refractivity contribution in [3.05, 3.63) is 0 Å². The summed E-state index contributed by atoms with van der Waals surface area (Å²) >= 11 is 0. The maximum Gasteiger partial charge on any atom is 0.317 e. The monoisotopic (exact) mass is 418 g/mol. The first kappa shape index (κ1) is 26.4. The van der Waals surface area contributed by atoms with Crippen molar-refractivity contribution in [2.75, 3.05) is 26.2 Å². The molecule has 4 amide bonds. The Morgan fingerprint density at radius 2 is 1.63 bits per heavy atom. The Morgan fingerprint density at radius 3 is 2.11 bits per heavy atom. The van der Waals surface area contributed by atoms with E-state index in [9.17, 15) is 9.59 Å². The summed E-state index contributed by atoms with van der Waals surface area (Å²) in [5, 5.41) is 21.3. The molecule has 0 aromatic carbocycles. The lowest BCUT2D eigenvalue weighted by molar-refractivity contribution is 0.231. The van der Waals surface area contributed by atoms with Gasteiger partial charge in [-0.1, -0.05) is 13.6 Å². The number of amides is 4. The van der Waals surface area contributed by atoms with Gasteiger partial charge in [-0.25, -0.2) is 9.59 Å². The fourth-order valence-electron chi connectivity index (χ4n) is 2.79. The van der Waals surface area contributed by atoms with Gasteiger partial charge < -0.3 is 36.0 Å². The molecule has 2 aliphatic rings. The van der Waals surface area contributed by atoms with Crippen LogP contribution >= 0.6 is 18.8 Å². The minimum absolute atomic E-state index is 0.118. The Hall–Kier alpha value is -0.590. The number of piperidine rings is 2. The lowest BCUT2D eigenvalue weighted by Gasteiger charge is -2.32. The van der Waals surface area contributed by atoms with Crippen LogP contribution in [0.4, 0.5) is 9.59 Å². The molecule has 13 heteroatoms. The molecule has 2 fully saturated rings. The van der Waals surface area contributed by atoms with Crippen molar-refractivity contribution in [2.24, 2.45) is 0 Å². The third kappa shape index (κ3) is 14.1. The van der Waals surface area contributed by atoms with Crippen LogP contribution in [0.25, 0.3) is 0 Å². The molecule has 6 N–H and O–H groups in total. The molecule has 154 valence electrons. The molecular weight excluding hydrogens is 384 g/mol. The van der Waals surface area contributed by atoms with E-state index in [2.05, 4.69) is 57.1 Å². The second-order valence-electron chi connectivity index (χ2n) is 6.13. The molecule has 9 nitrogen and oxygen atoms in total. The van der Waals surface area contributed by atoms with Gasteiger partial charge in [0.05, 0.1) is 0 Å². The molecule has 0 spiro atoms. The number of carbonyl (C=O) groups is 2. The molecule has 2 radical (unpaired) electrons. The zero-order chi connectivity index (χ0) is 20.5. The molecule has 2 saturated heterocycles. The predicted octanol–water partition coefficient (Wildman–Crippen LogP) is -0.319. The molecule has 0 bridgehead atoms. The maximum absolute atomic E-state index is 11.0. The van der Waals surface area contributed by atoms with Crippen LogP contribution in [-0.2, 0) is 0 Å². The van der Waals surface area contributed by atoms with Gasteiger partial charge in [0.15, 0.2) is 0 Å². The zero-order valence-corrected chi connectivity index (χ0v) is 18.6. The fraction of sp³-hybridized carbons (Fsp3) is 0.857. The predicted molar refractivity (Wildman–Crippen MR) is 119 cm³/mol. The third-order valence-electron chi connectivity index (χ3n) is 4.05. The van der Waals surface area contributed by atoms with Gasteiger partial charge in [-0.15, -0.1) is 0 Å². The van der Waals surface area contributed by atoms with Gasteiger partial charge in [0, 0.05) is 25.2 Å². The molecule has 2 aliphatic heterocycles. The van der Waals surface area contributed by atoms with Gasteiger partial charge in [0.25, 0.3) is 7.48 Å². The lowest BCUT2D eigenvalue weighted by atomic mass is 9.90. The summed E-state index contributed by atoms with van der Waals surface area (Å²) in [5.41, 5.74) is 0. The highest BCUT2D eigenvalue weighted by Gasteiger charge is 2.19. The van der Waals surface area contributed by atoms with Crippen LogP contribution in [-0.4, -0.2) is 75.1 Å². The largest absolute Gasteiger partial charge is 0.455 e. The van der Waals surface area contributed by atoms with Crippen LogP contribution in [0.3, 0.4) is 0 Å². The molecule has 2 heterocycles. The first-order valence-corrected chi connectivity index (χ1v) is 10.4. The summed E-state index contributed by atoms with van der Waals surface area (Å²) in [6, 6.07) is 0.339. The van der Waals surface area contributed by atoms with Crippen molar-refractivity contribution in [2.45, 2.75) is 51.4 Å². The highest BCUT2D eigenvalue weighted by atomic mass is 31.0. The number of nitrogens with one attached hydrogen (secondary N) is 5. The Balaban J connectivity index is 0.000000442. The van der Waals surface area contributed by atoms with Crippen molar-refractivity contribution in [3.63, 3.8) is 0 Å². The van der Waals surface area contributed by atoms with E-state index in [1.54, 1.807) is 6.82 Å². The summed E-state index contributed by atoms with van der Waals surface area (Å²) in [7, 11) is 7.45. The van der Waals surface area contributed by atoms with Crippen LogP contribution in [0.15, 0.2) is 0 Å². The molecule has 27 heavy (non-hydrogen) atoms. The normalized spacial score (nSPS) is 21.8. The average molecular weight is 418 g/mol. The first-order chi connectivity index (χ1) is 13.0. The Labute approximate surface area is 169 Å². The molecule has 0 aromatic rings. The van der Waals surface area contributed by atoms with E-state index in [0.29, 0.717) is 6.04 Å². The molecule has 2 rings (SSSR count). The Bertz CT molecular complexity index is 409. The summed E-state index contributed by atoms with van der Waals surface area (Å²) < 4.78 is 0. The molecule has 0 aromatic heterocycles. The second kappa shape index (κ2) is 17.5. The molecular formula is C14H34B2N6O3P2. The van der Waals surface area contributed by atoms with Gasteiger partial charge in [0.2, 0.25) is 7.41 Å². The van der Waals surface area contributed by atoms with E-state index < -0.39 is 0 Å². The summed E-state index contributed by atoms with van der Waals surface area (Å²) in [6.45, 7) is 7.57. The lowest BCUT2D eigenvalue weighted by Crippen LogP contribution is -2.49. The second-order valence-corrected chi connectivity index (χ2v) is 6.71. The zero-order valence-electron chi connectivity index (χ0n) is 16.3. The van der Waals surface area contributed by atoms with Crippen LogP contribution < -0.4 is 26.1 Å². The van der Waals surface area contributed by atoms with Crippen molar-refractivity contribution in [1.82, 2.24) is 30.9 Å². The molecule has 4 unspecified atom stereocenters. The smallest absolute Gasteiger partial charge is 0.317 e. The van der Waals surface area contributed by atoms with E-state index in [-0.39, 0.29) is 18.1 Å². The van der Waals surface area contributed by atoms with Gasteiger partial charge in [-0.3, -0.25) is 0 Å². The molecule has 0 aliphatic carbocycles. The van der Waals surface area contributed by atoms with Gasteiger partial charge in [-0.05, 0) is 57.6 Å². The number of nitrogens with zero attached hydrogens (tertiary/aromatic N) is 1. The van der Waals surface area contributed by atoms with Crippen molar-refractivity contribution in [3.8, 4) is 0 Å². The molecule has 0 saturated carbocycles. The first-order valence-electron chi connectivity index (χ1n) is 9.21. The number of urea groups is 2. The summed E-state index contributed by atoms with van der Waals surface area (Å²) in [5.74, 6) is 0. The number of rotatable bonds is 3. The van der Waals surface area contributed by atoms with Crippen LogP contribution in [0.1, 0.15) is 25.7 Å². The van der Waals surface area contributed by atoms with Gasteiger partial charge in [-0.2, -0.15) is 0 Å². The van der Waals surface area contributed by atoms with E-state index in [1.807, 2.05) is 6.82 Å². The van der Waals surface area contributed by atoms with E-state index in [0.717, 1.165) is 59.3 Å². The van der Waals surface area contributed by atoms with Crippen molar-refractivity contribution in [1.29, 1.82) is 0 Å². The summed E-state index contributed by atoms with van der Waals surface area (Å²) in [4.78, 5) is 24.0. The Kier molecular flexibility index (Phi) is 17.1. The highest BCUT2D eigenvalue weighted by molar-refractivity contribution is 7.15. The standard InChI is InChI=1S/C7H16BN3OP.C6H14N3OP.CH4BO/c1-8-11-4-2-3-6(5-11)9-7(12)10-13;10-6(9-11)8-5-2-1-3-7-4-5;1-2-3/h6H,2-5,13H2,1H3,(H2,9,10,12);5,7H,1-4,11H2,(H2,8,9,10);3H,1H3. The minimum Gasteiger partial charge on any atom is -0.455 e. The van der Waals surface area contributed by atoms with E-state index >= 15 is 0 Å². The minimum atomic E-state index is -0.122. The van der Waals surface area contributed by atoms with Crippen LogP contribution in [0.2, 0.25) is 13.6 Å². The SMILES string of the molecule is C[B]N1CCCC(NC(=O)NP)C1.C[B]O.O=C(NP)NC1CCCNC1. The van der Waals surface area contributed by atoms with E-state index in [1.165, 1.54) is 0 Å².